The van der Waals surface area contributed by atoms with Gasteiger partial charge < -0.3 is 10.0 Å². The first-order valence-electron chi connectivity index (χ1n) is 15.1. The van der Waals surface area contributed by atoms with Crippen LogP contribution in [0, 0.1) is 11.6 Å². The molecule has 0 saturated carbocycles. The molecule has 4 heterocycles. The van der Waals surface area contributed by atoms with Crippen molar-refractivity contribution in [2.24, 2.45) is 0 Å². The molecule has 0 atom stereocenters. The standard InChI is InChI=1S/C19H19FN4O.C17H14FN3O2.2CH4/c1-23(2)19(25)16-13-24(18-5-3-4-12-21-18)22-17(16)11-8-14-6-9-15(20)10-7-14;18-13-7-4-12(5-8-13)6-9-15-14(17(22)23)11-21(20-15)16-3-1-2-10-19-16;;/h3-7,9-10,12-13H,8,11H2,1-2H3;1-5,7-8,10-11H,6,9H2,(H,22,23);2*1H4. The Labute approximate surface area is 290 Å². The highest BCUT2D eigenvalue weighted by molar-refractivity contribution is 5.95. The van der Waals surface area contributed by atoms with E-state index in [9.17, 15) is 23.5 Å². The van der Waals surface area contributed by atoms with Crippen LogP contribution in [-0.2, 0) is 25.7 Å². The molecule has 1 amide bonds. The van der Waals surface area contributed by atoms with Gasteiger partial charge in [-0.2, -0.15) is 10.2 Å². The fourth-order valence-corrected chi connectivity index (χ4v) is 4.83. The summed E-state index contributed by atoms with van der Waals surface area (Å²) in [5.41, 5.74) is 3.81. The molecule has 2 aromatic carbocycles. The van der Waals surface area contributed by atoms with E-state index in [0.717, 1.165) is 11.1 Å². The third kappa shape index (κ3) is 9.99. The number of aromatic carboxylic acids is 1. The molecule has 0 bridgehead atoms. The van der Waals surface area contributed by atoms with Crippen molar-refractivity contribution >= 4 is 11.9 Å². The monoisotopic (exact) mass is 681 g/mol. The number of hydrogen-bond donors (Lipinski definition) is 1. The van der Waals surface area contributed by atoms with E-state index in [1.165, 1.54) is 40.0 Å². The van der Waals surface area contributed by atoms with Gasteiger partial charge in [-0.15, -0.1) is 0 Å². The zero-order valence-electron chi connectivity index (χ0n) is 26.4. The first-order valence-corrected chi connectivity index (χ1v) is 15.1. The van der Waals surface area contributed by atoms with Gasteiger partial charge in [0, 0.05) is 38.9 Å². The molecule has 12 heteroatoms. The molecule has 0 radical (unpaired) electrons. The van der Waals surface area contributed by atoms with Crippen LogP contribution in [0.3, 0.4) is 0 Å². The molecule has 1 N–H and O–H groups in total. The number of pyridine rings is 2. The van der Waals surface area contributed by atoms with E-state index in [1.54, 1.807) is 73.8 Å². The van der Waals surface area contributed by atoms with Crippen molar-refractivity contribution in [1.29, 1.82) is 0 Å². The van der Waals surface area contributed by atoms with Gasteiger partial charge in [-0.25, -0.2) is 32.9 Å². The first kappa shape index (κ1) is 38.4. The van der Waals surface area contributed by atoms with Crippen molar-refractivity contribution in [1.82, 2.24) is 34.4 Å². The van der Waals surface area contributed by atoms with Crippen LogP contribution in [0.25, 0.3) is 11.6 Å². The average Bonchev–Trinajstić information content (AvgIpc) is 3.74. The average molecular weight is 682 g/mol. The minimum Gasteiger partial charge on any atom is -0.478 e. The number of aromatic nitrogens is 6. The van der Waals surface area contributed by atoms with Crippen molar-refractivity contribution in [3.05, 3.63) is 155 Å². The Kier molecular flexibility index (Phi) is 13.8. The Bertz CT molecular complexity index is 1960. The minimum absolute atomic E-state index is 0. The third-order valence-corrected chi connectivity index (χ3v) is 7.34. The highest BCUT2D eigenvalue weighted by Crippen LogP contribution is 2.17. The van der Waals surface area contributed by atoms with Gasteiger partial charge in [0.15, 0.2) is 11.6 Å². The Morgan fingerprint density at radius 2 is 1.06 bits per heavy atom. The normalized spacial score (nSPS) is 10.2. The summed E-state index contributed by atoms with van der Waals surface area (Å²) < 4.78 is 29.0. The second kappa shape index (κ2) is 17.9. The van der Waals surface area contributed by atoms with Gasteiger partial charge in [-0.3, -0.25) is 4.79 Å². The lowest BCUT2D eigenvalue weighted by Crippen LogP contribution is -2.22. The van der Waals surface area contributed by atoms with Gasteiger partial charge in [-0.05, 0) is 85.3 Å². The molecular weight excluding hydrogens is 640 g/mol. The number of carboxylic acids is 1. The predicted molar refractivity (Wildman–Crippen MR) is 189 cm³/mol. The van der Waals surface area contributed by atoms with Crippen molar-refractivity contribution < 1.29 is 23.5 Å². The molecule has 0 aliphatic heterocycles. The van der Waals surface area contributed by atoms with E-state index < -0.39 is 5.97 Å². The lowest BCUT2D eigenvalue weighted by molar-refractivity contribution is 0.0695. The summed E-state index contributed by atoms with van der Waals surface area (Å²) in [6, 6.07) is 23.4. The first-order chi connectivity index (χ1) is 23.2. The number of amides is 1. The Hall–Kier alpha value is -6.04. The maximum absolute atomic E-state index is 13.0. The molecule has 260 valence electrons. The second-order valence-corrected chi connectivity index (χ2v) is 11.0. The maximum Gasteiger partial charge on any atom is 0.339 e. The SMILES string of the molecule is C.C.CN(C)C(=O)c1cn(-c2ccccn2)nc1CCc1ccc(F)cc1.O=C(O)c1cn(-c2ccccn2)nc1CCc1ccc(F)cc1. The molecule has 6 aromatic rings. The predicted octanol–water partition coefficient (Wildman–Crippen LogP) is 7.06. The fourth-order valence-electron chi connectivity index (χ4n) is 4.83. The molecular formula is C38H41F2N7O3. The Morgan fingerprint density at radius 1 is 0.640 bits per heavy atom. The van der Waals surface area contributed by atoms with Crippen LogP contribution < -0.4 is 0 Å². The van der Waals surface area contributed by atoms with Crippen LogP contribution in [0.5, 0.6) is 0 Å². The Balaban J connectivity index is 0.000000261. The third-order valence-electron chi connectivity index (χ3n) is 7.34. The van der Waals surface area contributed by atoms with E-state index in [1.807, 2.05) is 24.3 Å². The van der Waals surface area contributed by atoms with Crippen molar-refractivity contribution in [3.8, 4) is 11.6 Å². The van der Waals surface area contributed by atoms with Crippen LogP contribution in [-0.4, -0.2) is 65.5 Å². The molecule has 0 aliphatic rings. The maximum atomic E-state index is 13.0. The van der Waals surface area contributed by atoms with Gasteiger partial charge in [0.2, 0.25) is 0 Å². The number of hydrogen-bond acceptors (Lipinski definition) is 6. The number of halogens is 2. The highest BCUT2D eigenvalue weighted by atomic mass is 19.1. The van der Waals surface area contributed by atoms with Gasteiger partial charge in [-0.1, -0.05) is 51.3 Å². The van der Waals surface area contributed by atoms with Crippen LogP contribution in [0.4, 0.5) is 8.78 Å². The highest BCUT2D eigenvalue weighted by Gasteiger charge is 2.19. The molecule has 0 spiro atoms. The summed E-state index contributed by atoms with van der Waals surface area (Å²) in [6.45, 7) is 0. The smallest absolute Gasteiger partial charge is 0.339 e. The van der Waals surface area contributed by atoms with Gasteiger partial charge in [0.1, 0.15) is 17.2 Å². The number of nitrogens with zero attached hydrogens (tertiary/aromatic N) is 7. The summed E-state index contributed by atoms with van der Waals surface area (Å²) in [4.78, 5) is 33.8. The number of carbonyl (C=O) groups is 2. The van der Waals surface area contributed by atoms with Crippen LogP contribution in [0.2, 0.25) is 0 Å². The van der Waals surface area contributed by atoms with Gasteiger partial charge >= 0.3 is 5.97 Å². The van der Waals surface area contributed by atoms with E-state index >= 15 is 0 Å². The summed E-state index contributed by atoms with van der Waals surface area (Å²) in [7, 11) is 3.42. The topological polar surface area (TPSA) is 119 Å². The van der Waals surface area contributed by atoms with E-state index in [2.05, 4.69) is 20.2 Å². The second-order valence-electron chi connectivity index (χ2n) is 11.0. The quantitative estimate of drug-likeness (QED) is 0.165. The van der Waals surface area contributed by atoms with Crippen LogP contribution in [0.1, 0.15) is 58.1 Å². The van der Waals surface area contributed by atoms with E-state index in [0.29, 0.717) is 54.3 Å². The number of carboxylic acid groups (broad SMARTS) is 1. The molecule has 50 heavy (non-hydrogen) atoms. The number of carbonyl (C=O) groups excluding carboxylic acids is 1. The molecule has 4 aromatic heterocycles. The zero-order chi connectivity index (χ0) is 34.0. The lowest BCUT2D eigenvalue weighted by Gasteiger charge is -2.09. The summed E-state index contributed by atoms with van der Waals surface area (Å²) in [6.07, 6.45) is 8.77. The zero-order valence-corrected chi connectivity index (χ0v) is 26.4. The van der Waals surface area contributed by atoms with E-state index in [-0.39, 0.29) is 38.0 Å². The van der Waals surface area contributed by atoms with Crippen molar-refractivity contribution in [2.75, 3.05) is 14.1 Å². The molecule has 0 saturated heterocycles. The largest absolute Gasteiger partial charge is 0.478 e. The Morgan fingerprint density at radius 3 is 1.44 bits per heavy atom. The number of rotatable bonds is 10. The van der Waals surface area contributed by atoms with Crippen LogP contribution >= 0.6 is 0 Å². The minimum atomic E-state index is -1.03. The van der Waals surface area contributed by atoms with Crippen LogP contribution in [0.15, 0.2) is 110 Å². The molecule has 0 fully saturated rings. The molecule has 0 unspecified atom stereocenters. The number of benzene rings is 2. The van der Waals surface area contributed by atoms with E-state index in [4.69, 9.17) is 0 Å². The fraction of sp³-hybridized carbons (Fsp3) is 0.211. The lowest BCUT2D eigenvalue weighted by atomic mass is 10.1. The van der Waals surface area contributed by atoms with Crippen molar-refractivity contribution in [3.63, 3.8) is 0 Å². The number of aryl methyl sites for hydroxylation is 4. The summed E-state index contributed by atoms with van der Waals surface area (Å²) in [5.74, 6) is -0.463. The van der Waals surface area contributed by atoms with Gasteiger partial charge in [0.25, 0.3) is 5.91 Å². The molecule has 10 nitrogen and oxygen atoms in total. The van der Waals surface area contributed by atoms with Gasteiger partial charge in [0.05, 0.1) is 17.0 Å². The summed E-state index contributed by atoms with van der Waals surface area (Å²) >= 11 is 0. The molecule has 0 aliphatic carbocycles. The molecule has 6 rings (SSSR count). The summed E-state index contributed by atoms with van der Waals surface area (Å²) in [5, 5.41) is 18.2. The van der Waals surface area contributed by atoms with Crippen molar-refractivity contribution in [2.45, 2.75) is 40.5 Å².